The van der Waals surface area contributed by atoms with Gasteiger partial charge < -0.3 is 11.5 Å². The van der Waals surface area contributed by atoms with Crippen LogP contribution in [0.5, 0.6) is 0 Å². The first-order valence-corrected chi connectivity index (χ1v) is 8.05. The quantitative estimate of drug-likeness (QED) is 0.882. The second kappa shape index (κ2) is 5.28. The second-order valence-corrected chi connectivity index (χ2v) is 6.35. The van der Waals surface area contributed by atoms with E-state index in [1.54, 1.807) is 4.68 Å². The Labute approximate surface area is 130 Å². The summed E-state index contributed by atoms with van der Waals surface area (Å²) in [6, 6.07) is 7.19. The zero-order valence-corrected chi connectivity index (χ0v) is 12.7. The maximum atomic E-state index is 5.88. The lowest BCUT2D eigenvalue weighted by atomic mass is 9.97. The molecule has 2 heterocycles. The van der Waals surface area contributed by atoms with Gasteiger partial charge in [-0.2, -0.15) is 9.67 Å². The monoisotopic (exact) mass is 298 g/mol. The van der Waals surface area contributed by atoms with Gasteiger partial charge in [0, 0.05) is 19.1 Å². The lowest BCUT2D eigenvalue weighted by Gasteiger charge is -2.33. The van der Waals surface area contributed by atoms with Crippen molar-refractivity contribution < 1.29 is 0 Å². The first kappa shape index (κ1) is 13.6. The smallest absolute Gasteiger partial charge is 0.241 e. The first-order valence-electron chi connectivity index (χ1n) is 8.05. The van der Waals surface area contributed by atoms with Gasteiger partial charge in [-0.05, 0) is 42.5 Å². The lowest BCUT2D eigenvalue weighted by Crippen LogP contribution is -2.37. The third kappa shape index (κ3) is 2.33. The van der Waals surface area contributed by atoms with Crippen LogP contribution in [0.15, 0.2) is 18.2 Å². The molecule has 1 aromatic heterocycles. The van der Waals surface area contributed by atoms with Gasteiger partial charge in [0.1, 0.15) is 0 Å². The maximum Gasteiger partial charge on any atom is 0.241 e. The molecule has 116 valence electrons. The van der Waals surface area contributed by atoms with Crippen LogP contribution in [0.2, 0.25) is 0 Å². The van der Waals surface area contributed by atoms with Crippen LogP contribution in [0, 0.1) is 0 Å². The highest BCUT2D eigenvalue weighted by Gasteiger charge is 2.26. The fourth-order valence-corrected chi connectivity index (χ4v) is 3.81. The predicted octanol–water partition coefficient (Wildman–Crippen LogP) is 1.73. The minimum absolute atomic E-state index is 0.211. The van der Waals surface area contributed by atoms with E-state index in [0.717, 1.165) is 24.7 Å². The Hall–Kier alpha value is -2.08. The summed E-state index contributed by atoms with van der Waals surface area (Å²) in [6.07, 6.45) is 6.58. The van der Waals surface area contributed by atoms with Crippen LogP contribution in [-0.2, 0) is 13.0 Å². The molecule has 2 aromatic rings. The minimum Gasteiger partial charge on any atom is -0.368 e. The molecule has 0 radical (unpaired) electrons. The number of hydrogen-bond acceptors (Lipinski definition) is 5. The van der Waals surface area contributed by atoms with Crippen molar-refractivity contribution >= 4 is 11.9 Å². The summed E-state index contributed by atoms with van der Waals surface area (Å²) in [7, 11) is 0. The van der Waals surface area contributed by atoms with Crippen molar-refractivity contribution in [2.24, 2.45) is 0 Å². The van der Waals surface area contributed by atoms with E-state index < -0.39 is 0 Å². The highest BCUT2D eigenvalue weighted by Crippen LogP contribution is 2.29. The van der Waals surface area contributed by atoms with E-state index in [-0.39, 0.29) is 5.95 Å². The molecule has 2 aliphatic rings. The molecule has 0 spiro atoms. The summed E-state index contributed by atoms with van der Waals surface area (Å²) in [5.74, 6) is 0.545. The van der Waals surface area contributed by atoms with Gasteiger partial charge in [0.15, 0.2) is 0 Å². The zero-order valence-electron chi connectivity index (χ0n) is 12.7. The fourth-order valence-electron chi connectivity index (χ4n) is 3.81. The Morgan fingerprint density at radius 3 is 2.64 bits per heavy atom. The van der Waals surface area contributed by atoms with E-state index in [9.17, 15) is 0 Å². The molecule has 0 unspecified atom stereocenters. The van der Waals surface area contributed by atoms with Gasteiger partial charge in [-0.15, -0.1) is 5.10 Å². The third-order valence-electron chi connectivity index (χ3n) is 4.97. The molecule has 22 heavy (non-hydrogen) atoms. The standard InChI is InChI=1S/C16H22N6/c17-15-19-16(18)22(20-15)14-6-5-11-7-8-21(10-12(11)9-14)13-3-1-2-4-13/h5-6,9,13H,1-4,7-8,10H2,(H4,17,18,19,20). The zero-order chi connectivity index (χ0) is 15.1. The number of fused-ring (bicyclic) bond motifs is 1. The molecular weight excluding hydrogens is 276 g/mol. The first-order chi connectivity index (χ1) is 10.7. The Bertz CT molecular complexity index is 686. The summed E-state index contributed by atoms with van der Waals surface area (Å²) < 4.78 is 1.62. The van der Waals surface area contributed by atoms with Gasteiger partial charge in [-0.3, -0.25) is 4.90 Å². The number of anilines is 2. The summed E-state index contributed by atoms with van der Waals surface area (Å²) in [6.45, 7) is 2.20. The van der Waals surface area contributed by atoms with Crippen molar-refractivity contribution in [2.75, 3.05) is 18.0 Å². The Morgan fingerprint density at radius 1 is 1.09 bits per heavy atom. The summed E-state index contributed by atoms with van der Waals surface area (Å²) in [5, 5.41) is 4.17. The molecule has 1 fully saturated rings. The minimum atomic E-state index is 0.211. The Balaban J connectivity index is 1.63. The van der Waals surface area contributed by atoms with Crippen molar-refractivity contribution in [3.8, 4) is 5.69 Å². The van der Waals surface area contributed by atoms with Crippen LogP contribution in [0.1, 0.15) is 36.8 Å². The predicted molar refractivity (Wildman–Crippen MR) is 86.6 cm³/mol. The van der Waals surface area contributed by atoms with Gasteiger partial charge in [0.05, 0.1) is 5.69 Å². The molecular formula is C16H22N6. The Kier molecular flexibility index (Phi) is 3.26. The summed E-state index contributed by atoms with van der Waals surface area (Å²) in [5.41, 5.74) is 15.3. The maximum absolute atomic E-state index is 5.88. The van der Waals surface area contributed by atoms with Crippen LogP contribution < -0.4 is 11.5 Å². The van der Waals surface area contributed by atoms with Crippen molar-refractivity contribution in [1.29, 1.82) is 0 Å². The molecule has 1 aliphatic carbocycles. The van der Waals surface area contributed by atoms with Gasteiger partial charge in [-0.25, -0.2) is 0 Å². The second-order valence-electron chi connectivity index (χ2n) is 6.35. The third-order valence-corrected chi connectivity index (χ3v) is 4.97. The number of nitrogens with two attached hydrogens (primary N) is 2. The molecule has 6 heteroatoms. The average molecular weight is 298 g/mol. The van der Waals surface area contributed by atoms with Crippen LogP contribution in [0.25, 0.3) is 5.69 Å². The number of nitrogen functional groups attached to an aromatic ring is 2. The van der Waals surface area contributed by atoms with Crippen LogP contribution in [-0.4, -0.2) is 32.3 Å². The lowest BCUT2D eigenvalue weighted by molar-refractivity contribution is 0.181. The van der Waals surface area contributed by atoms with E-state index in [1.807, 2.05) is 0 Å². The molecule has 1 aliphatic heterocycles. The number of rotatable bonds is 2. The van der Waals surface area contributed by atoms with Crippen molar-refractivity contribution in [3.05, 3.63) is 29.3 Å². The van der Waals surface area contributed by atoms with Gasteiger partial charge in [0.25, 0.3) is 0 Å². The van der Waals surface area contributed by atoms with E-state index in [2.05, 4.69) is 33.2 Å². The summed E-state index contributed by atoms with van der Waals surface area (Å²) >= 11 is 0. The average Bonchev–Trinajstić information content (AvgIpc) is 3.16. The summed E-state index contributed by atoms with van der Waals surface area (Å²) in [4.78, 5) is 6.61. The number of nitrogens with zero attached hydrogens (tertiary/aromatic N) is 4. The van der Waals surface area contributed by atoms with Gasteiger partial charge >= 0.3 is 0 Å². The highest BCUT2D eigenvalue weighted by molar-refractivity contribution is 5.45. The normalized spacial score (nSPS) is 19.5. The molecule has 0 saturated heterocycles. The largest absolute Gasteiger partial charge is 0.368 e. The molecule has 0 amide bonds. The topological polar surface area (TPSA) is 86.0 Å². The van der Waals surface area contributed by atoms with Crippen LogP contribution >= 0.6 is 0 Å². The van der Waals surface area contributed by atoms with E-state index in [1.165, 1.54) is 43.4 Å². The van der Waals surface area contributed by atoms with E-state index in [0.29, 0.717) is 5.95 Å². The Morgan fingerprint density at radius 2 is 1.91 bits per heavy atom. The van der Waals surface area contributed by atoms with Crippen LogP contribution in [0.3, 0.4) is 0 Å². The van der Waals surface area contributed by atoms with E-state index >= 15 is 0 Å². The molecule has 4 rings (SSSR count). The molecule has 0 atom stereocenters. The fraction of sp³-hybridized carbons (Fsp3) is 0.500. The van der Waals surface area contributed by atoms with Crippen molar-refractivity contribution in [2.45, 2.75) is 44.7 Å². The molecule has 1 aromatic carbocycles. The molecule has 0 bridgehead atoms. The van der Waals surface area contributed by atoms with Gasteiger partial charge in [0.2, 0.25) is 11.9 Å². The highest BCUT2D eigenvalue weighted by atomic mass is 15.4. The molecule has 1 saturated carbocycles. The van der Waals surface area contributed by atoms with E-state index in [4.69, 9.17) is 11.5 Å². The number of aromatic nitrogens is 3. The molecule has 4 N–H and O–H groups in total. The number of benzene rings is 1. The van der Waals surface area contributed by atoms with Gasteiger partial charge in [-0.1, -0.05) is 18.9 Å². The number of hydrogen-bond donors (Lipinski definition) is 2. The molecule has 6 nitrogen and oxygen atoms in total. The SMILES string of the molecule is Nc1nc(N)n(-c2ccc3c(c2)CN(C2CCCC2)CC3)n1. The van der Waals surface area contributed by atoms with Crippen molar-refractivity contribution in [1.82, 2.24) is 19.7 Å². The van der Waals surface area contributed by atoms with Crippen molar-refractivity contribution in [3.63, 3.8) is 0 Å². The van der Waals surface area contributed by atoms with Crippen LogP contribution in [0.4, 0.5) is 11.9 Å².